The summed E-state index contributed by atoms with van der Waals surface area (Å²) in [5, 5.41) is 43.3. The highest BCUT2D eigenvalue weighted by Crippen LogP contribution is 2.37. The molecule has 4 aliphatic heterocycles. The second-order valence-corrected chi connectivity index (χ2v) is 19.1. The number of benzene rings is 1. The van der Waals surface area contributed by atoms with E-state index < -0.39 is 53.9 Å². The van der Waals surface area contributed by atoms with Crippen molar-refractivity contribution >= 4 is 35.0 Å². The van der Waals surface area contributed by atoms with E-state index in [2.05, 4.69) is 15.2 Å². The van der Waals surface area contributed by atoms with Gasteiger partial charge in [-0.25, -0.2) is 13.9 Å². The van der Waals surface area contributed by atoms with Gasteiger partial charge in [-0.05, 0) is 64.8 Å². The largest absolute Gasteiger partial charge is 0.461 e. The van der Waals surface area contributed by atoms with Crippen molar-refractivity contribution < 1.29 is 67.7 Å². The molecule has 8 unspecified atom stereocenters. The van der Waals surface area contributed by atoms with E-state index in [0.717, 1.165) is 32.9 Å². The predicted octanol–water partition coefficient (Wildman–Crippen LogP) is 5.07. The molecule has 6 rings (SSSR count). The molecule has 1 aromatic heterocycles. The van der Waals surface area contributed by atoms with Crippen LogP contribution in [0.5, 0.6) is 0 Å². The van der Waals surface area contributed by atoms with Crippen LogP contribution in [0.3, 0.4) is 0 Å². The Hall–Kier alpha value is -4.15. The molecule has 0 radical (unpaired) electrons. The van der Waals surface area contributed by atoms with Gasteiger partial charge in [-0.1, -0.05) is 60.6 Å². The monoisotopic (exact) mass is 1010 g/mol. The molecule has 0 bridgehead atoms. The van der Waals surface area contributed by atoms with Crippen LogP contribution in [0, 0.1) is 34.9 Å². The number of likely N-dealkylation sites (N-methyl/N-ethyl adjacent to an activating group) is 1. The van der Waals surface area contributed by atoms with Crippen LogP contribution < -0.4 is 9.80 Å². The number of esters is 1. The smallest absolute Gasteiger partial charge is 0.414 e. The summed E-state index contributed by atoms with van der Waals surface area (Å²) >= 11 is 0. The Kier molecular flexibility index (Phi) is 27.3. The van der Waals surface area contributed by atoms with Gasteiger partial charge in [0.05, 0.1) is 61.7 Å². The van der Waals surface area contributed by atoms with E-state index in [9.17, 15) is 33.8 Å². The SMILES string of the molecule is CC.CC1CC(N(C)CCc2cn(CC3CN(c4ccc(N5CCOCC5)c(F)c4)C(=O)O3)nn2)CC(O)O1.CC[C@H]1OC(=O)C(C)C(=O)[C@H](C)CC(OC)C[C@@H](C)C(=O)C(C)C(O)C1(C)C.CO.CO. The van der Waals surface area contributed by atoms with Gasteiger partial charge in [-0.3, -0.25) is 19.3 Å². The molecule has 0 aliphatic carbocycles. The van der Waals surface area contributed by atoms with E-state index >= 15 is 0 Å². The van der Waals surface area contributed by atoms with Crippen molar-refractivity contribution in [2.45, 2.75) is 157 Å². The molecule has 4 fully saturated rings. The molecule has 4 N–H and O–H groups in total. The number of cyclic esters (lactones) is 2. The third kappa shape index (κ3) is 17.8. The molecule has 1 aromatic carbocycles. The Bertz CT molecular complexity index is 1910. The number of ether oxygens (including phenoxy) is 5. The number of Topliss-reactive ketones (excluding diaryl/α,β-unsaturated/α-hetero) is 2. The van der Waals surface area contributed by atoms with Gasteiger partial charge in [-0.2, -0.15) is 0 Å². The van der Waals surface area contributed by atoms with Gasteiger partial charge in [-0.15, -0.1) is 5.10 Å². The first kappa shape index (κ1) is 63.0. The molecule has 4 aliphatic rings. The average Bonchev–Trinajstić information content (AvgIpc) is 3.99. The van der Waals surface area contributed by atoms with Crippen molar-refractivity contribution in [2.24, 2.45) is 29.1 Å². The molecular formula is C51H87FN6O13. The number of carbonyl (C=O) groups is 4. The first-order valence-electron chi connectivity index (χ1n) is 25.1. The molecule has 71 heavy (non-hydrogen) atoms. The van der Waals surface area contributed by atoms with Gasteiger partial charge in [0.2, 0.25) is 0 Å². The van der Waals surface area contributed by atoms with Gasteiger partial charge >= 0.3 is 12.1 Å². The number of halogens is 1. The van der Waals surface area contributed by atoms with Crippen molar-refractivity contribution in [3.8, 4) is 0 Å². The predicted molar refractivity (Wildman–Crippen MR) is 267 cm³/mol. The zero-order valence-electron chi connectivity index (χ0n) is 44.9. The number of aromatic nitrogens is 3. The third-order valence-corrected chi connectivity index (χ3v) is 13.7. The van der Waals surface area contributed by atoms with E-state index in [4.69, 9.17) is 33.9 Å². The van der Waals surface area contributed by atoms with Crippen LogP contribution in [0.2, 0.25) is 0 Å². The van der Waals surface area contributed by atoms with Crippen molar-refractivity contribution in [1.82, 2.24) is 19.9 Å². The van der Waals surface area contributed by atoms with Crippen molar-refractivity contribution in [3.63, 3.8) is 0 Å². The highest BCUT2D eigenvalue weighted by molar-refractivity contribution is 5.99. The molecule has 19 nitrogen and oxygen atoms in total. The minimum atomic E-state index is -0.978. The topological polar surface area (TPSA) is 236 Å². The lowest BCUT2D eigenvalue weighted by atomic mass is 9.72. The van der Waals surface area contributed by atoms with Crippen LogP contribution in [-0.4, -0.2) is 175 Å². The number of methoxy groups -OCH3 is 1. The van der Waals surface area contributed by atoms with Crippen molar-refractivity contribution in [1.29, 1.82) is 0 Å². The molecule has 2 aromatic rings. The van der Waals surface area contributed by atoms with Crippen LogP contribution in [-0.2, 0) is 51.0 Å². The Morgan fingerprint density at radius 2 is 1.52 bits per heavy atom. The number of hydrogen-bond acceptors (Lipinski definition) is 17. The van der Waals surface area contributed by atoms with Crippen LogP contribution in [0.4, 0.5) is 20.6 Å². The minimum Gasteiger partial charge on any atom is -0.461 e. The average molecular weight is 1010 g/mol. The summed E-state index contributed by atoms with van der Waals surface area (Å²) < 4.78 is 44.0. The highest BCUT2D eigenvalue weighted by atomic mass is 19.1. The zero-order chi connectivity index (χ0) is 53.7. The molecule has 5 heterocycles. The summed E-state index contributed by atoms with van der Waals surface area (Å²) in [7, 11) is 5.61. The lowest BCUT2D eigenvalue weighted by Crippen LogP contribution is -2.49. The number of rotatable bonds is 10. The zero-order valence-corrected chi connectivity index (χ0v) is 44.9. The Morgan fingerprint density at radius 1 is 0.901 bits per heavy atom. The van der Waals surface area contributed by atoms with Crippen LogP contribution in [0.15, 0.2) is 24.4 Å². The maximum Gasteiger partial charge on any atom is 0.414 e. The third-order valence-electron chi connectivity index (χ3n) is 13.7. The molecular weight excluding hydrogens is 924 g/mol. The van der Waals surface area contributed by atoms with Gasteiger partial charge in [0.1, 0.15) is 35.5 Å². The summed E-state index contributed by atoms with van der Waals surface area (Å²) in [4.78, 5) is 56.5. The molecule has 0 saturated carbocycles. The van der Waals surface area contributed by atoms with Crippen LogP contribution in [0.1, 0.15) is 107 Å². The Labute approximate surface area is 421 Å². The van der Waals surface area contributed by atoms with Crippen LogP contribution in [0.25, 0.3) is 0 Å². The van der Waals surface area contributed by atoms with Gasteiger partial charge in [0.15, 0.2) is 6.29 Å². The number of morpholine rings is 1. The molecule has 11 atom stereocenters. The number of aliphatic hydroxyl groups excluding tert-OH is 4. The second-order valence-electron chi connectivity index (χ2n) is 19.1. The van der Waals surface area contributed by atoms with Crippen molar-refractivity contribution in [3.05, 3.63) is 35.9 Å². The summed E-state index contributed by atoms with van der Waals surface area (Å²) in [5.74, 6) is -3.36. The summed E-state index contributed by atoms with van der Waals surface area (Å²) in [6.07, 6.45) is 1.98. The summed E-state index contributed by atoms with van der Waals surface area (Å²) in [6, 6.07) is 5.10. The number of ketones is 2. The van der Waals surface area contributed by atoms with E-state index in [0.29, 0.717) is 82.9 Å². The van der Waals surface area contributed by atoms with Crippen molar-refractivity contribution in [2.75, 3.05) is 77.6 Å². The van der Waals surface area contributed by atoms with Gasteiger partial charge < -0.3 is 53.9 Å². The fourth-order valence-electron chi connectivity index (χ4n) is 9.52. The summed E-state index contributed by atoms with van der Waals surface area (Å²) in [5.41, 5.74) is 0.990. The Morgan fingerprint density at radius 3 is 2.10 bits per heavy atom. The van der Waals surface area contributed by atoms with E-state index in [1.54, 1.807) is 58.5 Å². The molecule has 4 saturated heterocycles. The molecule has 20 heteroatoms. The number of aliphatic hydroxyl groups is 4. The quantitative estimate of drug-likeness (QED) is 0.180. The number of carbonyl (C=O) groups excluding carboxylic acids is 4. The maximum absolute atomic E-state index is 14.8. The lowest BCUT2D eigenvalue weighted by molar-refractivity contribution is -0.173. The van der Waals surface area contributed by atoms with E-state index in [-0.39, 0.29) is 47.5 Å². The maximum atomic E-state index is 14.8. The first-order chi connectivity index (χ1) is 33.7. The summed E-state index contributed by atoms with van der Waals surface area (Å²) in [6.45, 7) is 22.2. The Balaban J connectivity index is 0.000000456. The molecule has 1 amide bonds. The fraction of sp³-hybridized carbons (Fsp3) is 0.765. The van der Waals surface area contributed by atoms with Gasteiger partial charge in [0, 0.05) is 89.2 Å². The number of hydrogen-bond donors (Lipinski definition) is 4. The minimum absolute atomic E-state index is 0.0324. The van der Waals surface area contributed by atoms with Gasteiger partial charge in [0.25, 0.3) is 0 Å². The van der Waals surface area contributed by atoms with E-state index in [1.807, 2.05) is 52.8 Å². The second kappa shape index (κ2) is 30.8. The lowest BCUT2D eigenvalue weighted by Gasteiger charge is -2.40. The standard InChI is InChI=1S/C25H35FN6O5.C22H38O6.C2H6.2CH4O/c1-17-11-20(13-24(33)36-17)29(2)6-5-18-14-31(28-27-18)15-21-16-32(25(34)37-21)19-3-4-23(22(26)12-19)30-7-9-35-10-8-30;1-9-17-22(6,7)20(25)14(4)18(23)12(2)10-16(27-8)11-13(3)19(24)15(5)21(26)28-17;3*1-2/h3-4,12,14,17,20-21,24,33H,5-11,13,15-16H2,1-2H3;12-17,20,25H,9-11H2,1-8H3;1-2H3;2*2H,1H3/t;12-,13-,14?,15?,16?,17-,20?;;;/m.1.../s1. The number of amides is 1. The number of nitrogens with zero attached hydrogens (tertiary/aromatic N) is 6. The fourth-order valence-corrected chi connectivity index (χ4v) is 9.52. The van der Waals surface area contributed by atoms with E-state index in [1.165, 1.54) is 11.0 Å². The number of anilines is 2. The molecule has 406 valence electrons. The van der Waals surface area contributed by atoms with Crippen LogP contribution >= 0.6 is 0 Å². The first-order valence-corrected chi connectivity index (χ1v) is 25.1. The normalized spacial score (nSPS) is 29.4. The molecule has 0 spiro atoms. The highest BCUT2D eigenvalue weighted by Gasteiger charge is 2.45.